The molecule has 5 heteroatoms. The van der Waals surface area contributed by atoms with E-state index in [-0.39, 0.29) is 29.8 Å². The maximum absolute atomic E-state index is 11.8. The van der Waals surface area contributed by atoms with E-state index in [1.807, 2.05) is 49.4 Å². The van der Waals surface area contributed by atoms with Crippen molar-refractivity contribution in [1.82, 2.24) is 4.90 Å². The number of hydrogen-bond acceptors (Lipinski definition) is 4. The topological polar surface area (TPSA) is 89.4 Å². The number of aryl methyl sites for hydroxylation is 1. The highest BCUT2D eigenvalue weighted by Crippen LogP contribution is 2.27. The number of nitrogens with two attached hydrogens (primary N) is 2. The van der Waals surface area contributed by atoms with E-state index >= 15 is 0 Å². The summed E-state index contributed by atoms with van der Waals surface area (Å²) in [6.45, 7) is 2.35. The summed E-state index contributed by atoms with van der Waals surface area (Å²) in [5, 5.41) is 0. The largest absolute Gasteiger partial charge is 0.327 e. The first-order chi connectivity index (χ1) is 13.5. The molecule has 0 saturated carbocycles. The summed E-state index contributed by atoms with van der Waals surface area (Å²) in [5.74, 6) is -0.579. The second-order valence-electron chi connectivity index (χ2n) is 7.40. The summed E-state index contributed by atoms with van der Waals surface area (Å²) in [5.41, 5.74) is 16.6. The first kappa shape index (κ1) is 20.0. The van der Waals surface area contributed by atoms with Crippen LogP contribution >= 0.6 is 0 Å². The number of carbonyl (C=O) groups is 2. The molecule has 1 aliphatic heterocycles. The van der Waals surface area contributed by atoms with Crippen LogP contribution in [0.25, 0.3) is 0 Å². The van der Waals surface area contributed by atoms with Gasteiger partial charge in [-0.25, -0.2) is 0 Å². The molecule has 1 aliphatic rings. The lowest BCUT2D eigenvalue weighted by molar-refractivity contribution is -0.136. The first-order valence-corrected chi connectivity index (χ1v) is 9.61. The summed E-state index contributed by atoms with van der Waals surface area (Å²) in [7, 11) is 0. The van der Waals surface area contributed by atoms with Crippen molar-refractivity contribution >= 4 is 11.8 Å². The van der Waals surface area contributed by atoms with Crippen molar-refractivity contribution in [1.29, 1.82) is 0 Å². The van der Waals surface area contributed by atoms with Gasteiger partial charge in [0.15, 0.2) is 0 Å². The van der Waals surface area contributed by atoms with Crippen LogP contribution in [0.4, 0.5) is 0 Å². The van der Waals surface area contributed by atoms with E-state index in [4.69, 9.17) is 11.5 Å². The van der Waals surface area contributed by atoms with Gasteiger partial charge in [-0.1, -0.05) is 60.2 Å². The molecular formula is C23H27N3O2. The Morgan fingerprint density at radius 2 is 1.50 bits per heavy atom. The predicted octanol–water partition coefficient (Wildman–Crippen LogP) is 2.50. The first-order valence-electron chi connectivity index (χ1n) is 9.61. The van der Waals surface area contributed by atoms with E-state index in [9.17, 15) is 9.59 Å². The zero-order valence-corrected chi connectivity index (χ0v) is 16.1. The van der Waals surface area contributed by atoms with Gasteiger partial charge in [0.25, 0.3) is 11.8 Å². The molecule has 4 N–H and O–H groups in total. The molecule has 28 heavy (non-hydrogen) atoms. The van der Waals surface area contributed by atoms with Crippen molar-refractivity contribution in [3.8, 4) is 0 Å². The highest BCUT2D eigenvalue weighted by molar-refractivity contribution is 6.12. The summed E-state index contributed by atoms with van der Waals surface area (Å²) in [6, 6.07) is 17.8. The minimum atomic E-state index is -0.278. The van der Waals surface area contributed by atoms with Gasteiger partial charge in [0.05, 0.1) is 0 Å². The highest BCUT2D eigenvalue weighted by Gasteiger charge is 2.29. The van der Waals surface area contributed by atoms with E-state index in [1.54, 1.807) is 0 Å². The van der Waals surface area contributed by atoms with E-state index in [1.165, 1.54) is 28.2 Å². The van der Waals surface area contributed by atoms with Gasteiger partial charge in [0.1, 0.15) is 0 Å². The molecule has 146 valence electrons. The normalized spacial score (nSPS) is 17.0. The molecule has 0 bridgehead atoms. The van der Waals surface area contributed by atoms with Gasteiger partial charge in [-0.3, -0.25) is 14.5 Å². The van der Waals surface area contributed by atoms with Crippen LogP contribution in [0.3, 0.4) is 0 Å². The van der Waals surface area contributed by atoms with Crippen molar-refractivity contribution < 1.29 is 9.59 Å². The lowest BCUT2D eigenvalue weighted by Gasteiger charge is -2.31. The Labute approximate surface area is 166 Å². The van der Waals surface area contributed by atoms with Crippen LogP contribution in [0.5, 0.6) is 0 Å². The molecule has 0 saturated heterocycles. The van der Waals surface area contributed by atoms with Crippen LogP contribution < -0.4 is 11.5 Å². The molecule has 2 aromatic carbocycles. The molecule has 2 aromatic rings. The maximum Gasteiger partial charge on any atom is 0.253 e. The zero-order chi connectivity index (χ0) is 20.1. The Morgan fingerprint density at radius 3 is 2.11 bits per heavy atom. The molecule has 0 radical (unpaired) electrons. The summed E-state index contributed by atoms with van der Waals surface area (Å²) in [4.78, 5) is 24.8. The molecule has 2 amide bonds. The molecule has 1 heterocycles. The third-order valence-corrected chi connectivity index (χ3v) is 5.37. The highest BCUT2D eigenvalue weighted by atomic mass is 16.2. The second kappa shape index (κ2) is 8.95. The monoisotopic (exact) mass is 377 g/mol. The minimum absolute atomic E-state index is 0.0223. The fourth-order valence-corrected chi connectivity index (χ4v) is 3.61. The SMILES string of the molecule is Cc1ccc([C@@H](N)[C@@H](Cc2ccccc2)[C@@H](N)CCN2C(=O)C=CC2=O)cc1. The Bertz CT molecular complexity index is 828. The molecule has 3 atom stereocenters. The number of rotatable bonds is 8. The fourth-order valence-electron chi connectivity index (χ4n) is 3.61. The van der Waals surface area contributed by atoms with Crippen molar-refractivity contribution in [3.63, 3.8) is 0 Å². The zero-order valence-electron chi connectivity index (χ0n) is 16.1. The maximum atomic E-state index is 11.8. The molecular weight excluding hydrogens is 350 g/mol. The Hall–Kier alpha value is -2.76. The average molecular weight is 377 g/mol. The van der Waals surface area contributed by atoms with Gasteiger partial charge in [0, 0.05) is 30.8 Å². The summed E-state index contributed by atoms with van der Waals surface area (Å²) >= 11 is 0. The van der Waals surface area contributed by atoms with Gasteiger partial charge in [-0.05, 0) is 36.8 Å². The second-order valence-corrected chi connectivity index (χ2v) is 7.40. The number of benzene rings is 2. The van der Waals surface area contributed by atoms with Crippen molar-refractivity contribution in [2.75, 3.05) is 6.54 Å². The van der Waals surface area contributed by atoms with Gasteiger partial charge in [-0.2, -0.15) is 0 Å². The van der Waals surface area contributed by atoms with Gasteiger partial charge in [-0.15, -0.1) is 0 Å². The van der Waals surface area contributed by atoms with E-state index < -0.39 is 0 Å². The molecule has 3 rings (SSSR count). The summed E-state index contributed by atoms with van der Waals surface area (Å²) < 4.78 is 0. The number of amides is 2. The number of imide groups is 1. The third-order valence-electron chi connectivity index (χ3n) is 5.37. The Kier molecular flexibility index (Phi) is 6.39. The van der Waals surface area contributed by atoms with Crippen LogP contribution in [0.1, 0.15) is 29.2 Å². The van der Waals surface area contributed by atoms with Gasteiger partial charge >= 0.3 is 0 Å². The smallest absolute Gasteiger partial charge is 0.253 e. The van der Waals surface area contributed by atoms with Crippen molar-refractivity contribution in [3.05, 3.63) is 83.4 Å². The molecule has 0 spiro atoms. The fraction of sp³-hybridized carbons (Fsp3) is 0.304. The molecule has 0 unspecified atom stereocenters. The quantitative estimate of drug-likeness (QED) is 0.692. The van der Waals surface area contributed by atoms with E-state index in [0.717, 1.165) is 12.0 Å². The number of nitrogens with zero attached hydrogens (tertiary/aromatic N) is 1. The molecule has 0 aliphatic carbocycles. The predicted molar refractivity (Wildman–Crippen MR) is 110 cm³/mol. The van der Waals surface area contributed by atoms with Crippen LogP contribution in [-0.2, 0) is 16.0 Å². The van der Waals surface area contributed by atoms with Crippen LogP contribution in [0.15, 0.2) is 66.7 Å². The average Bonchev–Trinajstić information content (AvgIpc) is 3.02. The van der Waals surface area contributed by atoms with Crippen LogP contribution in [0.2, 0.25) is 0 Å². The Morgan fingerprint density at radius 1 is 0.893 bits per heavy atom. The number of carbonyl (C=O) groups excluding carboxylic acids is 2. The third kappa shape index (κ3) is 4.74. The van der Waals surface area contributed by atoms with Gasteiger partial charge < -0.3 is 11.5 Å². The van der Waals surface area contributed by atoms with Gasteiger partial charge in [0.2, 0.25) is 0 Å². The van der Waals surface area contributed by atoms with Crippen molar-refractivity contribution in [2.45, 2.75) is 31.8 Å². The van der Waals surface area contributed by atoms with Crippen LogP contribution in [0, 0.1) is 12.8 Å². The van der Waals surface area contributed by atoms with Crippen LogP contribution in [-0.4, -0.2) is 29.3 Å². The van der Waals surface area contributed by atoms with Crippen molar-refractivity contribution in [2.24, 2.45) is 17.4 Å². The molecule has 0 fully saturated rings. The lowest BCUT2D eigenvalue weighted by Crippen LogP contribution is -2.42. The summed E-state index contributed by atoms with van der Waals surface area (Å²) in [6.07, 6.45) is 3.84. The molecule has 5 nitrogen and oxygen atoms in total. The number of hydrogen-bond donors (Lipinski definition) is 2. The lowest BCUT2D eigenvalue weighted by atomic mass is 9.82. The minimum Gasteiger partial charge on any atom is -0.327 e. The van der Waals surface area contributed by atoms with E-state index in [0.29, 0.717) is 13.0 Å². The molecule has 0 aromatic heterocycles. The van der Waals surface area contributed by atoms with E-state index in [2.05, 4.69) is 12.1 Å². The Balaban J connectivity index is 1.75. The standard InChI is InChI=1S/C23H27N3O2/c1-16-7-9-18(10-8-16)23(25)19(15-17-5-3-2-4-6-17)20(24)13-14-26-21(27)11-12-22(26)28/h2-12,19-20,23H,13-15,24-25H2,1H3/t19-,20-,23+/m0/s1.